The third-order valence-electron chi connectivity index (χ3n) is 14.8. The summed E-state index contributed by atoms with van der Waals surface area (Å²) >= 11 is 0. The van der Waals surface area contributed by atoms with Gasteiger partial charge in [0.25, 0.3) is 0 Å². The number of fused-ring (bicyclic) bond motifs is 7. The Morgan fingerprint density at radius 3 is 2.57 bits per heavy atom. The Balaban J connectivity index is 0.921. The normalized spacial score (nSPS) is 47.0. The van der Waals surface area contributed by atoms with Crippen LogP contribution >= 0.6 is 0 Å². The maximum absolute atomic E-state index is 14.4. The van der Waals surface area contributed by atoms with Gasteiger partial charge in [-0.05, 0) is 99.3 Å². The van der Waals surface area contributed by atoms with E-state index in [1.165, 1.54) is 19.3 Å². The van der Waals surface area contributed by atoms with Crippen LogP contribution in [0.1, 0.15) is 98.3 Å². The molecule has 4 saturated carbocycles. The molecular weight excluding hydrogens is 580 g/mol. The highest BCUT2D eigenvalue weighted by atomic mass is 16.5. The zero-order chi connectivity index (χ0) is 32.3. The van der Waals surface area contributed by atoms with Crippen molar-refractivity contribution in [3.8, 4) is 0 Å². The van der Waals surface area contributed by atoms with Gasteiger partial charge in [-0.3, -0.25) is 24.6 Å². The van der Waals surface area contributed by atoms with Gasteiger partial charge in [0.15, 0.2) is 0 Å². The molecule has 3 heterocycles. The average Bonchev–Trinajstić information content (AvgIpc) is 3.48. The molecule has 9 nitrogen and oxygen atoms in total. The van der Waals surface area contributed by atoms with Gasteiger partial charge < -0.3 is 20.1 Å². The number of amides is 2. The second-order valence-electron chi connectivity index (χ2n) is 17.1. The number of nitrogens with zero attached hydrogens (tertiary/aromatic N) is 1. The Morgan fingerprint density at radius 1 is 1.00 bits per heavy atom. The van der Waals surface area contributed by atoms with Crippen LogP contribution in [0.3, 0.4) is 0 Å². The van der Waals surface area contributed by atoms with Crippen molar-refractivity contribution in [3.63, 3.8) is 0 Å². The molecule has 0 unspecified atom stereocenters. The summed E-state index contributed by atoms with van der Waals surface area (Å²) in [5.74, 6) is 3.41. The highest BCUT2D eigenvalue weighted by Gasteiger charge is 2.71. The SMILES string of the molecule is C[C@@H]1CC[C@@]2(NC1)O[C@H]1C[C@H]3[C@@H]4CC[C@H]5C[C@H](NC(=O)CC(=O)NCCCN6CCOCC6)CC[C@]5(C)[C@H]4CC(=O)[C@]3(C)[C@H]1[C@@H]2C. The van der Waals surface area contributed by atoms with Gasteiger partial charge in [-0.15, -0.1) is 0 Å². The van der Waals surface area contributed by atoms with Gasteiger partial charge in [-0.2, -0.15) is 0 Å². The molecule has 4 aliphatic carbocycles. The van der Waals surface area contributed by atoms with Gasteiger partial charge in [0, 0.05) is 55.9 Å². The predicted octanol–water partition coefficient (Wildman–Crippen LogP) is 3.90. The zero-order valence-corrected chi connectivity index (χ0v) is 28.9. The quantitative estimate of drug-likeness (QED) is 0.286. The van der Waals surface area contributed by atoms with E-state index in [0.29, 0.717) is 60.2 Å². The van der Waals surface area contributed by atoms with Crippen molar-refractivity contribution >= 4 is 17.6 Å². The number of carbonyl (C=O) groups excluding carboxylic acids is 3. The van der Waals surface area contributed by atoms with Gasteiger partial charge in [0.2, 0.25) is 11.8 Å². The summed E-state index contributed by atoms with van der Waals surface area (Å²) in [6.45, 7) is 15.5. The molecule has 3 N–H and O–H groups in total. The topological polar surface area (TPSA) is 109 Å². The number of Topliss-reactive ketones (excluding diaryl/α,β-unsaturated/α-hetero) is 1. The Hall–Kier alpha value is -1.55. The lowest BCUT2D eigenvalue weighted by Crippen LogP contribution is -2.60. The third-order valence-corrected chi connectivity index (χ3v) is 14.8. The second kappa shape index (κ2) is 12.7. The van der Waals surface area contributed by atoms with Crippen LogP contribution < -0.4 is 16.0 Å². The van der Waals surface area contributed by atoms with E-state index in [4.69, 9.17) is 9.47 Å². The Kier molecular flexibility index (Phi) is 9.12. The van der Waals surface area contributed by atoms with Crippen molar-refractivity contribution in [3.05, 3.63) is 0 Å². The molecule has 3 saturated heterocycles. The van der Waals surface area contributed by atoms with Crippen molar-refractivity contribution in [2.75, 3.05) is 45.9 Å². The Bertz CT molecular complexity index is 1170. The Labute approximate surface area is 276 Å². The number of ketones is 1. The lowest BCUT2D eigenvalue weighted by Gasteiger charge is -2.60. The summed E-state index contributed by atoms with van der Waals surface area (Å²) in [5.41, 5.74) is -0.397. The van der Waals surface area contributed by atoms with Crippen molar-refractivity contribution in [1.82, 2.24) is 20.9 Å². The minimum atomic E-state index is -0.281. The van der Waals surface area contributed by atoms with E-state index >= 15 is 0 Å². The number of carbonyl (C=O) groups is 3. The van der Waals surface area contributed by atoms with Crippen LogP contribution in [0.15, 0.2) is 0 Å². The molecule has 258 valence electrons. The van der Waals surface area contributed by atoms with E-state index in [0.717, 1.165) is 77.9 Å². The summed E-state index contributed by atoms with van der Waals surface area (Å²) < 4.78 is 12.4. The van der Waals surface area contributed by atoms with Crippen LogP contribution in [0, 0.1) is 52.3 Å². The molecule has 0 aromatic rings. The van der Waals surface area contributed by atoms with E-state index in [1.54, 1.807) is 0 Å². The summed E-state index contributed by atoms with van der Waals surface area (Å²) in [7, 11) is 0. The molecule has 0 aromatic heterocycles. The molecular formula is C37H60N4O5. The van der Waals surface area contributed by atoms with Gasteiger partial charge in [-0.25, -0.2) is 0 Å². The van der Waals surface area contributed by atoms with E-state index in [1.807, 2.05) is 0 Å². The predicted molar refractivity (Wildman–Crippen MR) is 176 cm³/mol. The zero-order valence-electron chi connectivity index (χ0n) is 28.9. The molecule has 12 atom stereocenters. The number of rotatable bonds is 7. The smallest absolute Gasteiger partial charge is 0.229 e. The molecule has 2 amide bonds. The molecule has 0 aromatic carbocycles. The van der Waals surface area contributed by atoms with Crippen LogP contribution in [0.25, 0.3) is 0 Å². The maximum Gasteiger partial charge on any atom is 0.229 e. The molecule has 46 heavy (non-hydrogen) atoms. The summed E-state index contributed by atoms with van der Waals surface area (Å²) in [6, 6.07) is 0.114. The largest absolute Gasteiger partial charge is 0.379 e. The molecule has 0 radical (unpaired) electrons. The van der Waals surface area contributed by atoms with Crippen molar-refractivity contribution in [2.24, 2.45) is 52.3 Å². The van der Waals surface area contributed by atoms with E-state index in [-0.39, 0.29) is 46.9 Å². The molecule has 3 aliphatic heterocycles. The summed E-state index contributed by atoms with van der Waals surface area (Å²) in [4.78, 5) is 42.1. The van der Waals surface area contributed by atoms with Crippen LogP contribution in [0.2, 0.25) is 0 Å². The molecule has 1 spiro atoms. The molecule has 7 fully saturated rings. The molecule has 7 rings (SSSR count). The maximum atomic E-state index is 14.4. The fourth-order valence-electron chi connectivity index (χ4n) is 12.1. The van der Waals surface area contributed by atoms with Gasteiger partial charge in [0.05, 0.1) is 19.3 Å². The molecule has 9 heteroatoms. The highest BCUT2D eigenvalue weighted by molar-refractivity contribution is 5.97. The third kappa shape index (κ3) is 5.67. The summed E-state index contributed by atoms with van der Waals surface area (Å²) in [6.07, 6.45) is 10.2. The fraction of sp³-hybridized carbons (Fsp3) is 0.919. The standard InChI is InChI=1S/C37H60N4O5/c1-23-8-11-37(39-22-23)24(2)34-30(46-37)19-29-27-7-6-25-18-26(9-10-35(25,3)28(27)20-31(42)36(29,34)4)40-33(44)21-32(43)38-12-5-13-41-14-16-45-17-15-41/h23-30,34,39H,5-22H2,1-4H3,(H,38,43)(H,40,44)/t23-,24+,25+,26-,27-,28+,29+,30+,34+,35+,36-,37-/m1/s1. The van der Waals surface area contributed by atoms with E-state index in [9.17, 15) is 14.4 Å². The molecule has 0 bridgehead atoms. The first-order chi connectivity index (χ1) is 22.0. The first kappa shape index (κ1) is 33.0. The van der Waals surface area contributed by atoms with Crippen LogP contribution in [-0.2, 0) is 23.9 Å². The number of piperidine rings is 1. The van der Waals surface area contributed by atoms with Gasteiger partial charge >= 0.3 is 0 Å². The fourth-order valence-corrected chi connectivity index (χ4v) is 12.1. The first-order valence-corrected chi connectivity index (χ1v) is 18.9. The number of nitrogens with one attached hydrogen (secondary N) is 3. The second-order valence-corrected chi connectivity index (χ2v) is 17.1. The number of hydrogen-bond donors (Lipinski definition) is 3. The van der Waals surface area contributed by atoms with Crippen molar-refractivity contribution < 1.29 is 23.9 Å². The van der Waals surface area contributed by atoms with Gasteiger partial charge in [0.1, 0.15) is 17.9 Å². The van der Waals surface area contributed by atoms with Crippen LogP contribution in [-0.4, -0.2) is 86.3 Å². The van der Waals surface area contributed by atoms with Gasteiger partial charge in [-0.1, -0.05) is 27.7 Å². The summed E-state index contributed by atoms with van der Waals surface area (Å²) in [5, 5.41) is 9.96. The Morgan fingerprint density at radius 2 is 1.80 bits per heavy atom. The van der Waals surface area contributed by atoms with E-state index in [2.05, 4.69) is 48.5 Å². The minimum absolute atomic E-state index is 0.103. The van der Waals surface area contributed by atoms with Crippen LogP contribution in [0.4, 0.5) is 0 Å². The molecule has 7 aliphatic rings. The first-order valence-electron chi connectivity index (χ1n) is 18.9. The van der Waals surface area contributed by atoms with Crippen LogP contribution in [0.5, 0.6) is 0 Å². The number of morpholine rings is 1. The van der Waals surface area contributed by atoms with Crippen molar-refractivity contribution in [2.45, 2.75) is 116 Å². The lowest BCUT2D eigenvalue weighted by molar-refractivity contribution is -0.160. The number of hydrogen-bond acceptors (Lipinski definition) is 7. The number of ether oxygens (including phenoxy) is 2. The van der Waals surface area contributed by atoms with E-state index < -0.39 is 0 Å². The minimum Gasteiger partial charge on any atom is -0.379 e. The highest BCUT2D eigenvalue weighted by Crippen LogP contribution is 2.70. The lowest BCUT2D eigenvalue weighted by atomic mass is 9.44. The monoisotopic (exact) mass is 640 g/mol. The average molecular weight is 641 g/mol. The van der Waals surface area contributed by atoms with Crippen molar-refractivity contribution in [1.29, 1.82) is 0 Å².